The highest BCUT2D eigenvalue weighted by Crippen LogP contribution is 2.27. The maximum absolute atomic E-state index is 10.8. The maximum atomic E-state index is 10.8. The van der Waals surface area contributed by atoms with Crippen LogP contribution in [0.15, 0.2) is 12.1 Å². The first-order valence-corrected chi connectivity index (χ1v) is 4.70. The first-order chi connectivity index (χ1) is 7.60. The van der Waals surface area contributed by atoms with Gasteiger partial charge in [-0.2, -0.15) is 4.98 Å². The molecule has 0 aliphatic rings. The third-order valence-corrected chi connectivity index (χ3v) is 2.06. The molecular weight excluding hydrogens is 212 g/mol. The van der Waals surface area contributed by atoms with E-state index in [9.17, 15) is 10.1 Å². The SMILES string of the molecule is COc1ccc([N+](=O)[O-])c(N(C)CCN)n1. The zero-order valence-corrected chi connectivity index (χ0v) is 9.21. The lowest BCUT2D eigenvalue weighted by atomic mass is 10.3. The van der Waals surface area contributed by atoms with E-state index in [1.165, 1.54) is 19.2 Å². The van der Waals surface area contributed by atoms with Crippen LogP contribution in [0.5, 0.6) is 5.88 Å². The smallest absolute Gasteiger partial charge is 0.311 e. The predicted molar refractivity (Wildman–Crippen MR) is 59.8 cm³/mol. The number of hydrogen-bond donors (Lipinski definition) is 1. The number of methoxy groups -OCH3 is 1. The van der Waals surface area contributed by atoms with Gasteiger partial charge in [0.15, 0.2) is 0 Å². The molecule has 2 N–H and O–H groups in total. The minimum Gasteiger partial charge on any atom is -0.481 e. The quantitative estimate of drug-likeness (QED) is 0.576. The second-order valence-electron chi connectivity index (χ2n) is 3.16. The van der Waals surface area contributed by atoms with E-state index in [0.717, 1.165) is 0 Å². The number of nitro groups is 1. The fraction of sp³-hybridized carbons (Fsp3) is 0.444. The van der Waals surface area contributed by atoms with E-state index in [4.69, 9.17) is 10.5 Å². The van der Waals surface area contributed by atoms with Gasteiger partial charge in [-0.05, 0) is 0 Å². The summed E-state index contributed by atoms with van der Waals surface area (Å²) in [7, 11) is 3.16. The van der Waals surface area contributed by atoms with Crippen LogP contribution >= 0.6 is 0 Å². The number of nitrogens with two attached hydrogens (primary N) is 1. The summed E-state index contributed by atoms with van der Waals surface area (Å²) in [5.41, 5.74) is 5.33. The highest BCUT2D eigenvalue weighted by atomic mass is 16.6. The van der Waals surface area contributed by atoms with Gasteiger partial charge < -0.3 is 15.4 Å². The van der Waals surface area contributed by atoms with Crippen LogP contribution in [0, 0.1) is 10.1 Å². The molecule has 1 rings (SSSR count). The van der Waals surface area contributed by atoms with E-state index >= 15 is 0 Å². The van der Waals surface area contributed by atoms with Crippen LogP contribution in [0.2, 0.25) is 0 Å². The average Bonchev–Trinajstić information content (AvgIpc) is 2.28. The van der Waals surface area contributed by atoms with Gasteiger partial charge in [0.05, 0.1) is 12.0 Å². The lowest BCUT2D eigenvalue weighted by Crippen LogP contribution is -2.26. The Balaban J connectivity index is 3.14. The van der Waals surface area contributed by atoms with Gasteiger partial charge in [-0.1, -0.05) is 0 Å². The summed E-state index contributed by atoms with van der Waals surface area (Å²) >= 11 is 0. The minimum absolute atomic E-state index is 0.0586. The first-order valence-electron chi connectivity index (χ1n) is 4.70. The number of aromatic nitrogens is 1. The number of rotatable bonds is 5. The third kappa shape index (κ3) is 2.57. The van der Waals surface area contributed by atoms with Gasteiger partial charge in [-0.3, -0.25) is 10.1 Å². The molecule has 1 heterocycles. The molecule has 0 spiro atoms. The van der Waals surface area contributed by atoms with Crippen molar-refractivity contribution in [2.45, 2.75) is 0 Å². The van der Waals surface area contributed by atoms with Gasteiger partial charge >= 0.3 is 5.69 Å². The number of nitrogens with zero attached hydrogens (tertiary/aromatic N) is 3. The van der Waals surface area contributed by atoms with Crippen molar-refractivity contribution in [2.75, 3.05) is 32.1 Å². The van der Waals surface area contributed by atoms with Crippen LogP contribution in [-0.2, 0) is 0 Å². The van der Waals surface area contributed by atoms with Crippen LogP contribution in [-0.4, -0.2) is 37.2 Å². The minimum atomic E-state index is -0.477. The average molecular weight is 226 g/mol. The highest BCUT2D eigenvalue weighted by Gasteiger charge is 2.19. The molecule has 0 unspecified atom stereocenters. The molecule has 1 aromatic rings. The van der Waals surface area contributed by atoms with E-state index in [1.807, 2.05) is 0 Å². The monoisotopic (exact) mass is 226 g/mol. The summed E-state index contributed by atoms with van der Waals surface area (Å²) in [5, 5.41) is 10.8. The highest BCUT2D eigenvalue weighted by molar-refractivity contribution is 5.58. The van der Waals surface area contributed by atoms with Crippen molar-refractivity contribution in [3.63, 3.8) is 0 Å². The van der Waals surface area contributed by atoms with Gasteiger partial charge in [0.2, 0.25) is 11.7 Å². The Kier molecular flexibility index (Phi) is 4.01. The lowest BCUT2D eigenvalue weighted by molar-refractivity contribution is -0.384. The number of ether oxygens (including phenoxy) is 1. The number of anilines is 1. The van der Waals surface area contributed by atoms with Crippen LogP contribution < -0.4 is 15.4 Å². The second kappa shape index (κ2) is 5.26. The third-order valence-electron chi connectivity index (χ3n) is 2.06. The molecule has 0 amide bonds. The standard InChI is InChI=1S/C9H14N4O3/c1-12(6-5-10)9-7(13(14)15)3-4-8(11-9)16-2/h3-4H,5-6,10H2,1-2H3. The Morgan fingerprint density at radius 2 is 2.31 bits per heavy atom. The van der Waals surface area contributed by atoms with Crippen LogP contribution in [0.3, 0.4) is 0 Å². The number of hydrogen-bond acceptors (Lipinski definition) is 6. The Labute approximate surface area is 93.0 Å². The summed E-state index contributed by atoms with van der Waals surface area (Å²) in [6.07, 6.45) is 0. The topological polar surface area (TPSA) is 94.5 Å². The van der Waals surface area contributed by atoms with Crippen LogP contribution in [0.25, 0.3) is 0 Å². The predicted octanol–water partition coefficient (Wildman–Crippen LogP) is 0.393. The Hall–Kier alpha value is -1.89. The van der Waals surface area contributed by atoms with Gasteiger partial charge in [-0.15, -0.1) is 0 Å². The molecule has 0 radical (unpaired) electrons. The van der Waals surface area contributed by atoms with E-state index in [1.54, 1.807) is 11.9 Å². The van der Waals surface area contributed by atoms with E-state index in [-0.39, 0.29) is 11.5 Å². The maximum Gasteiger partial charge on any atom is 0.311 e. The summed E-state index contributed by atoms with van der Waals surface area (Å²) < 4.78 is 4.93. The van der Waals surface area contributed by atoms with Crippen molar-refractivity contribution in [2.24, 2.45) is 5.73 Å². The largest absolute Gasteiger partial charge is 0.481 e. The molecule has 0 aromatic carbocycles. The zero-order chi connectivity index (χ0) is 12.1. The number of pyridine rings is 1. The molecule has 0 bridgehead atoms. The fourth-order valence-corrected chi connectivity index (χ4v) is 1.26. The second-order valence-corrected chi connectivity index (χ2v) is 3.16. The van der Waals surface area contributed by atoms with Crippen molar-refractivity contribution < 1.29 is 9.66 Å². The molecule has 88 valence electrons. The number of likely N-dealkylation sites (N-methyl/N-ethyl adjacent to an activating group) is 1. The summed E-state index contributed by atoms with van der Waals surface area (Å²) in [5.74, 6) is 0.597. The normalized spacial score (nSPS) is 9.94. The van der Waals surface area contributed by atoms with Gasteiger partial charge in [0, 0.05) is 32.3 Å². The van der Waals surface area contributed by atoms with Crippen molar-refractivity contribution in [3.05, 3.63) is 22.2 Å². The fourth-order valence-electron chi connectivity index (χ4n) is 1.26. The summed E-state index contributed by atoms with van der Waals surface area (Å²) in [4.78, 5) is 16.0. The van der Waals surface area contributed by atoms with Crippen LogP contribution in [0.1, 0.15) is 0 Å². The summed E-state index contributed by atoms with van der Waals surface area (Å²) in [6, 6.07) is 2.83. The molecule has 0 atom stereocenters. The Bertz CT molecular complexity index is 383. The summed E-state index contributed by atoms with van der Waals surface area (Å²) in [6.45, 7) is 0.882. The van der Waals surface area contributed by atoms with Crippen molar-refractivity contribution in [1.82, 2.24) is 4.98 Å². The van der Waals surface area contributed by atoms with Crippen molar-refractivity contribution in [1.29, 1.82) is 0 Å². The molecule has 0 saturated heterocycles. The molecule has 1 aromatic heterocycles. The molecular formula is C9H14N4O3. The molecule has 0 aliphatic carbocycles. The van der Waals surface area contributed by atoms with Crippen molar-refractivity contribution >= 4 is 11.5 Å². The molecule has 0 saturated carbocycles. The van der Waals surface area contributed by atoms with Crippen LogP contribution in [0.4, 0.5) is 11.5 Å². The molecule has 0 fully saturated rings. The van der Waals surface area contributed by atoms with E-state index in [2.05, 4.69) is 4.98 Å². The van der Waals surface area contributed by atoms with Crippen molar-refractivity contribution in [3.8, 4) is 5.88 Å². The molecule has 16 heavy (non-hydrogen) atoms. The van der Waals surface area contributed by atoms with Gasteiger partial charge in [-0.25, -0.2) is 0 Å². The molecule has 7 heteroatoms. The van der Waals surface area contributed by atoms with Gasteiger partial charge in [0.1, 0.15) is 0 Å². The van der Waals surface area contributed by atoms with E-state index in [0.29, 0.717) is 19.0 Å². The molecule has 7 nitrogen and oxygen atoms in total. The first kappa shape index (κ1) is 12.2. The zero-order valence-electron chi connectivity index (χ0n) is 9.21. The van der Waals surface area contributed by atoms with E-state index < -0.39 is 4.92 Å². The van der Waals surface area contributed by atoms with Gasteiger partial charge in [0.25, 0.3) is 0 Å². The Morgan fingerprint density at radius 3 is 2.81 bits per heavy atom. The molecule has 0 aliphatic heterocycles. The Morgan fingerprint density at radius 1 is 1.62 bits per heavy atom. The lowest BCUT2D eigenvalue weighted by Gasteiger charge is -2.17.